The first-order valence-corrected chi connectivity index (χ1v) is 8.52. The summed E-state index contributed by atoms with van der Waals surface area (Å²) in [6, 6.07) is 1.79. The van der Waals surface area contributed by atoms with E-state index in [-0.39, 0.29) is 11.6 Å². The van der Waals surface area contributed by atoms with Crippen LogP contribution in [0, 0.1) is 0 Å². The Morgan fingerprint density at radius 3 is 2.95 bits per heavy atom. The second-order valence-electron chi connectivity index (χ2n) is 5.26. The molecule has 0 aliphatic heterocycles. The number of fused-ring (bicyclic) bond motifs is 1. The fraction of sp³-hybridized carbons (Fsp3) is 0.571. The van der Waals surface area contributed by atoms with Crippen LogP contribution < -0.4 is 5.32 Å². The average Bonchev–Trinajstić information content (AvgIpc) is 2.82. The van der Waals surface area contributed by atoms with Gasteiger partial charge in [0.2, 0.25) is 0 Å². The van der Waals surface area contributed by atoms with Crippen LogP contribution in [0.25, 0.3) is 0 Å². The standard InChI is InChI=1S/C14H20N2O3S/c1-9(6-7-20(2)19)15-13-11(14(17)18)8-10-4-3-5-12(10)16-13/h8-9H,3-7H2,1-2H3,(H,15,16)(H,17,18). The molecule has 2 rings (SSSR count). The third kappa shape index (κ3) is 3.56. The lowest BCUT2D eigenvalue weighted by Crippen LogP contribution is -2.21. The van der Waals surface area contributed by atoms with Crippen LogP contribution in [0.4, 0.5) is 5.82 Å². The summed E-state index contributed by atoms with van der Waals surface area (Å²) in [6.45, 7) is 1.95. The minimum atomic E-state index is -0.957. The molecule has 110 valence electrons. The Labute approximate surface area is 121 Å². The molecule has 0 bridgehead atoms. The van der Waals surface area contributed by atoms with Crippen molar-refractivity contribution in [2.75, 3.05) is 17.3 Å². The average molecular weight is 296 g/mol. The Hall–Kier alpha value is -1.43. The first-order chi connectivity index (χ1) is 9.47. The van der Waals surface area contributed by atoms with Gasteiger partial charge in [-0.15, -0.1) is 0 Å². The Kier molecular flexibility index (Phi) is 4.75. The van der Waals surface area contributed by atoms with Gasteiger partial charge < -0.3 is 10.4 Å². The summed E-state index contributed by atoms with van der Waals surface area (Å²) in [7, 11) is -0.835. The number of anilines is 1. The van der Waals surface area contributed by atoms with E-state index in [0.717, 1.165) is 36.9 Å². The van der Waals surface area contributed by atoms with Crippen molar-refractivity contribution in [3.63, 3.8) is 0 Å². The van der Waals surface area contributed by atoms with Crippen LogP contribution >= 0.6 is 0 Å². The third-order valence-corrected chi connectivity index (χ3v) is 4.31. The van der Waals surface area contributed by atoms with Gasteiger partial charge in [-0.25, -0.2) is 9.78 Å². The summed E-state index contributed by atoms with van der Waals surface area (Å²) in [5.41, 5.74) is 2.29. The molecule has 2 unspecified atom stereocenters. The molecule has 2 atom stereocenters. The molecule has 6 heteroatoms. The van der Waals surface area contributed by atoms with Crippen molar-refractivity contribution < 1.29 is 14.1 Å². The summed E-state index contributed by atoms with van der Waals surface area (Å²) in [5.74, 6) is 0.0788. The van der Waals surface area contributed by atoms with Crippen molar-refractivity contribution in [1.29, 1.82) is 0 Å². The van der Waals surface area contributed by atoms with E-state index in [1.54, 1.807) is 12.3 Å². The zero-order chi connectivity index (χ0) is 14.7. The summed E-state index contributed by atoms with van der Waals surface area (Å²) < 4.78 is 11.1. The van der Waals surface area contributed by atoms with E-state index in [4.69, 9.17) is 0 Å². The highest BCUT2D eigenvalue weighted by molar-refractivity contribution is 7.84. The molecule has 0 saturated carbocycles. The number of carboxylic acids is 1. The molecule has 20 heavy (non-hydrogen) atoms. The maximum Gasteiger partial charge on any atom is 0.339 e. The van der Waals surface area contributed by atoms with Gasteiger partial charge in [-0.1, -0.05) is 0 Å². The van der Waals surface area contributed by atoms with Gasteiger partial charge in [-0.3, -0.25) is 4.21 Å². The predicted octanol–water partition coefficient (Wildman–Crippen LogP) is 1.84. The van der Waals surface area contributed by atoms with E-state index in [9.17, 15) is 14.1 Å². The van der Waals surface area contributed by atoms with E-state index in [1.807, 2.05) is 6.92 Å². The topological polar surface area (TPSA) is 79.3 Å². The number of rotatable bonds is 6. The number of nitrogens with zero attached hydrogens (tertiary/aromatic N) is 1. The minimum Gasteiger partial charge on any atom is -0.478 e. The number of hydrogen-bond donors (Lipinski definition) is 2. The van der Waals surface area contributed by atoms with Crippen molar-refractivity contribution in [3.8, 4) is 0 Å². The zero-order valence-corrected chi connectivity index (χ0v) is 12.6. The van der Waals surface area contributed by atoms with Crippen LogP contribution in [-0.2, 0) is 23.6 Å². The quantitative estimate of drug-likeness (QED) is 0.837. The highest BCUT2D eigenvalue weighted by atomic mass is 32.2. The Bertz CT molecular complexity index is 545. The Balaban J connectivity index is 2.17. The molecule has 0 fully saturated rings. The number of aryl methyl sites for hydroxylation is 2. The number of aromatic nitrogens is 1. The number of carbonyl (C=O) groups is 1. The van der Waals surface area contributed by atoms with Crippen molar-refractivity contribution in [1.82, 2.24) is 4.98 Å². The zero-order valence-electron chi connectivity index (χ0n) is 11.8. The predicted molar refractivity (Wildman–Crippen MR) is 79.9 cm³/mol. The number of nitrogens with one attached hydrogen (secondary N) is 1. The molecular formula is C14H20N2O3S. The first-order valence-electron chi connectivity index (χ1n) is 6.80. The molecule has 1 aliphatic carbocycles. The number of hydrogen-bond acceptors (Lipinski definition) is 4. The molecule has 0 radical (unpaired) electrons. The number of aromatic carboxylic acids is 1. The minimum absolute atomic E-state index is 0.0453. The monoisotopic (exact) mass is 296 g/mol. The lowest BCUT2D eigenvalue weighted by molar-refractivity contribution is 0.0697. The molecule has 2 N–H and O–H groups in total. The van der Waals surface area contributed by atoms with Crippen LogP contribution in [0.2, 0.25) is 0 Å². The van der Waals surface area contributed by atoms with Crippen molar-refractivity contribution >= 4 is 22.6 Å². The van der Waals surface area contributed by atoms with Crippen molar-refractivity contribution in [2.24, 2.45) is 0 Å². The fourth-order valence-electron chi connectivity index (χ4n) is 2.39. The van der Waals surface area contributed by atoms with E-state index in [0.29, 0.717) is 11.6 Å². The smallest absolute Gasteiger partial charge is 0.339 e. The molecular weight excluding hydrogens is 276 g/mol. The Morgan fingerprint density at radius 1 is 1.55 bits per heavy atom. The lowest BCUT2D eigenvalue weighted by Gasteiger charge is -2.16. The summed E-state index contributed by atoms with van der Waals surface area (Å²) >= 11 is 0. The van der Waals surface area contributed by atoms with Gasteiger partial charge in [0.05, 0.1) is 0 Å². The molecule has 5 nitrogen and oxygen atoms in total. The van der Waals surface area contributed by atoms with Crippen molar-refractivity contribution in [2.45, 2.75) is 38.6 Å². The molecule has 1 heterocycles. The summed E-state index contributed by atoms with van der Waals surface area (Å²) in [6.07, 6.45) is 5.25. The van der Waals surface area contributed by atoms with Crippen LogP contribution in [0.1, 0.15) is 41.4 Å². The van der Waals surface area contributed by atoms with Crippen molar-refractivity contribution in [3.05, 3.63) is 22.9 Å². The molecule has 0 amide bonds. The maximum absolute atomic E-state index is 11.3. The highest BCUT2D eigenvalue weighted by Crippen LogP contribution is 2.26. The largest absolute Gasteiger partial charge is 0.478 e. The van der Waals surface area contributed by atoms with Gasteiger partial charge in [-0.2, -0.15) is 0 Å². The summed E-state index contributed by atoms with van der Waals surface area (Å²) in [4.78, 5) is 15.8. The highest BCUT2D eigenvalue weighted by Gasteiger charge is 2.20. The van der Waals surface area contributed by atoms with Gasteiger partial charge >= 0.3 is 5.97 Å². The Morgan fingerprint density at radius 2 is 2.30 bits per heavy atom. The molecule has 0 spiro atoms. The molecule has 1 aromatic rings. The molecule has 1 aromatic heterocycles. The summed E-state index contributed by atoms with van der Waals surface area (Å²) in [5, 5.41) is 12.4. The van der Waals surface area contributed by atoms with Gasteiger partial charge in [0.15, 0.2) is 0 Å². The molecule has 1 aliphatic rings. The van der Waals surface area contributed by atoms with Gasteiger partial charge in [0, 0.05) is 34.5 Å². The first kappa shape index (κ1) is 15.0. The lowest BCUT2D eigenvalue weighted by atomic mass is 10.1. The number of pyridine rings is 1. The van der Waals surface area contributed by atoms with E-state index in [2.05, 4.69) is 10.3 Å². The van der Waals surface area contributed by atoms with Crippen LogP contribution in [0.5, 0.6) is 0 Å². The van der Waals surface area contributed by atoms with E-state index in [1.165, 1.54) is 0 Å². The van der Waals surface area contributed by atoms with Gasteiger partial charge in [-0.05, 0) is 44.2 Å². The SMILES string of the molecule is CC(CCS(C)=O)Nc1nc2c(cc1C(=O)O)CCC2. The maximum atomic E-state index is 11.3. The fourth-order valence-corrected chi connectivity index (χ4v) is 3.08. The van der Waals surface area contributed by atoms with E-state index >= 15 is 0 Å². The van der Waals surface area contributed by atoms with Crippen LogP contribution in [0.15, 0.2) is 6.07 Å². The second-order valence-corrected chi connectivity index (χ2v) is 6.82. The van der Waals surface area contributed by atoms with E-state index < -0.39 is 16.8 Å². The second kappa shape index (κ2) is 6.35. The molecule has 0 aromatic carbocycles. The van der Waals surface area contributed by atoms with Gasteiger partial charge in [0.25, 0.3) is 0 Å². The molecule has 0 saturated heterocycles. The van der Waals surface area contributed by atoms with Crippen LogP contribution in [-0.4, -0.2) is 38.3 Å². The normalized spacial score (nSPS) is 16.5. The van der Waals surface area contributed by atoms with Crippen LogP contribution in [0.3, 0.4) is 0 Å². The third-order valence-electron chi connectivity index (χ3n) is 3.50. The van der Waals surface area contributed by atoms with Gasteiger partial charge in [0.1, 0.15) is 11.4 Å². The number of carboxylic acid groups (broad SMARTS) is 1.